The number of nitrogens with zero attached hydrogens (tertiary/aromatic N) is 1. The fourth-order valence-electron chi connectivity index (χ4n) is 1.98. The van der Waals surface area contributed by atoms with E-state index in [1.54, 1.807) is 6.92 Å². The molecule has 0 spiro atoms. The van der Waals surface area contributed by atoms with E-state index in [0.29, 0.717) is 6.07 Å². The number of anilines is 1. The van der Waals surface area contributed by atoms with Gasteiger partial charge in [-0.05, 0) is 13.0 Å². The molecule has 21 heavy (non-hydrogen) atoms. The molecule has 0 saturated heterocycles. The molecular weight excluding hydrogens is 284 g/mol. The molecule has 0 unspecified atom stereocenters. The van der Waals surface area contributed by atoms with Crippen LogP contribution in [-0.4, -0.2) is 30.8 Å². The molecule has 7 heteroatoms. The average Bonchev–Trinajstić information content (AvgIpc) is 2.64. The van der Waals surface area contributed by atoms with Crippen LogP contribution in [0.3, 0.4) is 0 Å². The Morgan fingerprint density at radius 1 is 1.33 bits per heavy atom. The van der Waals surface area contributed by atoms with Crippen molar-refractivity contribution in [2.24, 2.45) is 0 Å². The van der Waals surface area contributed by atoms with E-state index in [0.717, 1.165) is 11.0 Å². The second-order valence-electron chi connectivity index (χ2n) is 4.33. The first kappa shape index (κ1) is 14.8. The van der Waals surface area contributed by atoms with E-state index in [-0.39, 0.29) is 24.4 Å². The maximum absolute atomic E-state index is 13.6. The number of ketones is 1. The summed E-state index contributed by atoms with van der Waals surface area (Å²) in [5.41, 5.74) is -0.818. The molecule has 2 rings (SSSR count). The Morgan fingerprint density at radius 3 is 2.62 bits per heavy atom. The fourth-order valence-corrected chi connectivity index (χ4v) is 1.98. The van der Waals surface area contributed by atoms with Crippen molar-refractivity contribution in [1.82, 2.24) is 0 Å². The minimum atomic E-state index is -1.12. The molecule has 0 saturated carbocycles. The molecule has 1 aliphatic rings. The number of halogens is 2. The predicted octanol–water partition coefficient (Wildman–Crippen LogP) is 1.61. The van der Waals surface area contributed by atoms with E-state index >= 15 is 0 Å². The van der Waals surface area contributed by atoms with E-state index in [9.17, 15) is 23.2 Å². The van der Waals surface area contributed by atoms with Crippen molar-refractivity contribution < 1.29 is 27.9 Å². The first-order chi connectivity index (χ1) is 9.86. The summed E-state index contributed by atoms with van der Waals surface area (Å²) in [6.07, 6.45) is 0. The number of carbonyl (C=O) groups is 3. The van der Waals surface area contributed by atoms with Gasteiger partial charge in [-0.25, -0.2) is 13.6 Å². The number of carbonyl (C=O) groups excluding carboxylic acids is 3. The van der Waals surface area contributed by atoms with Gasteiger partial charge in [-0.3, -0.25) is 14.5 Å². The quantitative estimate of drug-likeness (QED) is 0.481. The van der Waals surface area contributed by atoms with Gasteiger partial charge in [0.15, 0.2) is 0 Å². The van der Waals surface area contributed by atoms with E-state index in [4.69, 9.17) is 4.74 Å². The van der Waals surface area contributed by atoms with Gasteiger partial charge in [-0.15, -0.1) is 0 Å². The van der Waals surface area contributed by atoms with Gasteiger partial charge in [-0.1, -0.05) is 6.58 Å². The molecule has 0 bridgehead atoms. The maximum Gasteiger partial charge on any atom is 0.335 e. The van der Waals surface area contributed by atoms with Gasteiger partial charge in [0.25, 0.3) is 11.7 Å². The van der Waals surface area contributed by atoms with Gasteiger partial charge in [0, 0.05) is 11.6 Å². The average molecular weight is 295 g/mol. The predicted molar refractivity (Wildman–Crippen MR) is 68.8 cm³/mol. The van der Waals surface area contributed by atoms with E-state index in [2.05, 4.69) is 6.58 Å². The van der Waals surface area contributed by atoms with E-state index in [1.165, 1.54) is 0 Å². The van der Waals surface area contributed by atoms with Crippen molar-refractivity contribution in [2.75, 3.05) is 18.1 Å². The van der Waals surface area contributed by atoms with Crippen LogP contribution >= 0.6 is 0 Å². The first-order valence-corrected chi connectivity index (χ1v) is 6.07. The number of rotatable bonds is 4. The lowest BCUT2D eigenvalue weighted by molar-refractivity contribution is -0.138. The van der Waals surface area contributed by atoms with Crippen molar-refractivity contribution >= 4 is 23.3 Å². The normalized spacial score (nSPS) is 13.4. The van der Waals surface area contributed by atoms with Crippen molar-refractivity contribution in [3.05, 3.63) is 41.5 Å². The molecule has 1 aliphatic heterocycles. The Hall–Kier alpha value is -2.57. The van der Waals surface area contributed by atoms with Crippen molar-refractivity contribution in [2.45, 2.75) is 6.92 Å². The summed E-state index contributed by atoms with van der Waals surface area (Å²) in [5.74, 6) is -4.92. The minimum absolute atomic E-state index is 0.101. The fraction of sp³-hybridized carbons (Fsp3) is 0.214. The molecule has 0 aliphatic carbocycles. The molecule has 1 aromatic rings. The number of benzene rings is 1. The molecule has 0 fully saturated rings. The SMILES string of the molecule is C=C(CN1C(=O)C(=O)c2c(F)cc(F)cc21)C(=O)OCC. The van der Waals surface area contributed by atoms with Gasteiger partial charge in [0.1, 0.15) is 11.6 Å². The van der Waals surface area contributed by atoms with Gasteiger partial charge in [-0.2, -0.15) is 0 Å². The largest absolute Gasteiger partial charge is 0.463 e. The molecule has 0 aromatic heterocycles. The van der Waals surface area contributed by atoms with Crippen LogP contribution in [0.1, 0.15) is 17.3 Å². The summed E-state index contributed by atoms with van der Waals surface area (Å²) in [6.45, 7) is 4.78. The number of esters is 1. The van der Waals surface area contributed by atoms with Crippen LogP contribution in [0, 0.1) is 11.6 Å². The molecular formula is C14H11F2NO4. The number of hydrogen-bond acceptors (Lipinski definition) is 4. The number of ether oxygens (including phenoxy) is 1. The molecule has 1 aromatic carbocycles. The Kier molecular flexibility index (Phi) is 3.84. The number of amides is 1. The lowest BCUT2D eigenvalue weighted by Crippen LogP contribution is -2.33. The van der Waals surface area contributed by atoms with Gasteiger partial charge in [0.05, 0.1) is 24.4 Å². The zero-order valence-electron chi connectivity index (χ0n) is 11.1. The zero-order valence-corrected chi connectivity index (χ0v) is 11.1. The Balaban J connectivity index is 2.35. The highest BCUT2D eigenvalue weighted by molar-refractivity contribution is 6.52. The van der Waals surface area contributed by atoms with Gasteiger partial charge < -0.3 is 4.74 Å². The molecule has 0 radical (unpaired) electrons. The van der Waals surface area contributed by atoms with Crippen molar-refractivity contribution in [3.63, 3.8) is 0 Å². The number of Topliss-reactive ketones (excluding diaryl/α,β-unsaturated/α-hetero) is 1. The van der Waals surface area contributed by atoms with Crippen LogP contribution in [0.25, 0.3) is 0 Å². The Labute approximate surface area is 118 Å². The summed E-state index contributed by atoms with van der Waals surface area (Å²) in [4.78, 5) is 35.8. The lowest BCUT2D eigenvalue weighted by Gasteiger charge is -2.17. The van der Waals surface area contributed by atoms with Crippen LogP contribution in [0.2, 0.25) is 0 Å². The van der Waals surface area contributed by atoms with Crippen LogP contribution in [0.5, 0.6) is 0 Å². The third kappa shape index (κ3) is 2.54. The van der Waals surface area contributed by atoms with Crippen LogP contribution in [0.4, 0.5) is 14.5 Å². The third-order valence-electron chi connectivity index (χ3n) is 2.90. The molecule has 1 heterocycles. The zero-order chi connectivity index (χ0) is 15.7. The number of hydrogen-bond donors (Lipinski definition) is 0. The third-order valence-corrected chi connectivity index (χ3v) is 2.90. The van der Waals surface area contributed by atoms with Crippen LogP contribution in [0.15, 0.2) is 24.3 Å². The summed E-state index contributed by atoms with van der Waals surface area (Å²) in [5, 5.41) is 0. The lowest BCUT2D eigenvalue weighted by atomic mass is 10.1. The van der Waals surface area contributed by atoms with Crippen LogP contribution < -0.4 is 4.90 Å². The molecule has 110 valence electrons. The molecule has 1 amide bonds. The topological polar surface area (TPSA) is 63.7 Å². The van der Waals surface area contributed by atoms with Crippen molar-refractivity contribution in [1.29, 1.82) is 0 Å². The van der Waals surface area contributed by atoms with Crippen molar-refractivity contribution in [3.8, 4) is 0 Å². The highest BCUT2D eigenvalue weighted by atomic mass is 19.1. The summed E-state index contributed by atoms with van der Waals surface area (Å²) in [6, 6.07) is 1.38. The van der Waals surface area contributed by atoms with E-state index in [1.807, 2.05) is 0 Å². The minimum Gasteiger partial charge on any atom is -0.463 e. The summed E-state index contributed by atoms with van der Waals surface area (Å²) in [7, 11) is 0. The highest BCUT2D eigenvalue weighted by Gasteiger charge is 2.39. The highest BCUT2D eigenvalue weighted by Crippen LogP contribution is 2.32. The molecule has 0 N–H and O–H groups in total. The second-order valence-corrected chi connectivity index (χ2v) is 4.33. The molecule has 0 atom stereocenters. The summed E-state index contributed by atoms with van der Waals surface area (Å²) < 4.78 is 31.6. The Bertz CT molecular complexity index is 669. The number of fused-ring (bicyclic) bond motifs is 1. The van der Waals surface area contributed by atoms with Crippen LogP contribution in [-0.2, 0) is 14.3 Å². The van der Waals surface area contributed by atoms with Gasteiger partial charge >= 0.3 is 5.97 Å². The monoisotopic (exact) mass is 295 g/mol. The Morgan fingerprint density at radius 2 is 2.00 bits per heavy atom. The standard InChI is InChI=1S/C14H11F2NO4/c1-3-21-14(20)7(2)6-17-10-5-8(15)4-9(16)11(10)12(18)13(17)19/h4-5H,2-3,6H2,1H3. The summed E-state index contributed by atoms with van der Waals surface area (Å²) >= 11 is 0. The molecule has 5 nitrogen and oxygen atoms in total. The van der Waals surface area contributed by atoms with E-state index < -0.39 is 34.9 Å². The first-order valence-electron chi connectivity index (χ1n) is 6.07. The smallest absolute Gasteiger partial charge is 0.335 e. The second kappa shape index (κ2) is 5.43. The maximum atomic E-state index is 13.6. The van der Waals surface area contributed by atoms with Gasteiger partial charge in [0.2, 0.25) is 0 Å².